The van der Waals surface area contributed by atoms with Gasteiger partial charge in [-0.3, -0.25) is 4.79 Å². The number of pyridine rings is 1. The number of rotatable bonds is 8. The fraction of sp³-hybridized carbons (Fsp3) is 0.154. The second kappa shape index (κ2) is 10.8. The lowest BCUT2D eigenvalue weighted by Gasteiger charge is -2.17. The largest absolute Gasteiger partial charge is 0.493 e. The van der Waals surface area contributed by atoms with Crippen LogP contribution in [0, 0.1) is 22.7 Å². The van der Waals surface area contributed by atoms with Crippen LogP contribution in [-0.4, -0.2) is 43.0 Å². The number of thioether (sulfide) groups is 1. The normalized spacial score (nSPS) is 10.4. The van der Waals surface area contributed by atoms with Crippen molar-refractivity contribution < 1.29 is 19.0 Å². The number of aromatic amines is 1. The molecule has 0 atom stereocenters. The zero-order valence-corrected chi connectivity index (χ0v) is 21.0. The third kappa shape index (κ3) is 4.94. The molecule has 4 N–H and O–H groups in total. The summed E-state index contributed by atoms with van der Waals surface area (Å²) in [5, 5.41) is 24.0. The number of fused-ring (bicyclic) bond motifs is 1. The summed E-state index contributed by atoms with van der Waals surface area (Å²) in [6.07, 6.45) is 1.82. The summed E-state index contributed by atoms with van der Waals surface area (Å²) in [4.78, 5) is 20.0. The molecular formula is C26H22N6O4S. The van der Waals surface area contributed by atoms with Gasteiger partial charge >= 0.3 is 0 Å². The van der Waals surface area contributed by atoms with Crippen LogP contribution in [0.2, 0.25) is 0 Å². The number of ether oxygens (including phenoxy) is 3. The maximum Gasteiger partial charge on any atom is 0.234 e. The van der Waals surface area contributed by atoms with Gasteiger partial charge in [0.1, 0.15) is 28.5 Å². The van der Waals surface area contributed by atoms with E-state index in [9.17, 15) is 15.3 Å². The van der Waals surface area contributed by atoms with Crippen molar-refractivity contribution in [3.05, 3.63) is 53.7 Å². The zero-order valence-electron chi connectivity index (χ0n) is 20.2. The summed E-state index contributed by atoms with van der Waals surface area (Å²) < 4.78 is 16.2. The third-order valence-electron chi connectivity index (χ3n) is 5.55. The van der Waals surface area contributed by atoms with E-state index in [1.165, 1.54) is 21.3 Å². The number of aromatic nitrogens is 2. The standard InChI is InChI=1S/C26H22N6O4S/c1-34-20-8-15(9-21(35-2)24(20)36-3)23-17(11-27)25(29)32-26(18(23)12-28)37-13-22(33)31-16-5-4-14-6-7-30-19(14)10-16/h4-10,30H,13H2,1-3H3,(H2,29,32)(H,31,33). The van der Waals surface area contributed by atoms with Gasteiger partial charge in [-0.15, -0.1) is 0 Å². The highest BCUT2D eigenvalue weighted by atomic mass is 32.2. The predicted octanol–water partition coefficient (Wildman–Crippen LogP) is 4.31. The molecule has 2 aromatic carbocycles. The van der Waals surface area contributed by atoms with E-state index in [0.717, 1.165) is 22.7 Å². The van der Waals surface area contributed by atoms with Crippen LogP contribution in [0.5, 0.6) is 17.2 Å². The zero-order chi connectivity index (χ0) is 26.5. The van der Waals surface area contributed by atoms with Crippen LogP contribution in [0.3, 0.4) is 0 Å². The van der Waals surface area contributed by atoms with Crippen LogP contribution < -0.4 is 25.3 Å². The number of amides is 1. The SMILES string of the molecule is COc1cc(-c2c(C#N)c(N)nc(SCC(=O)Nc3ccc4cc[nH]c4c3)c2C#N)cc(OC)c1OC. The number of methoxy groups -OCH3 is 3. The number of carbonyl (C=O) groups excluding carboxylic acids is 1. The highest BCUT2D eigenvalue weighted by molar-refractivity contribution is 8.00. The first-order valence-electron chi connectivity index (χ1n) is 10.9. The summed E-state index contributed by atoms with van der Waals surface area (Å²) in [5.74, 6) is 0.644. The maximum atomic E-state index is 12.7. The quantitative estimate of drug-likeness (QED) is 0.291. The average Bonchev–Trinajstić information content (AvgIpc) is 3.38. The van der Waals surface area contributed by atoms with E-state index in [4.69, 9.17) is 19.9 Å². The van der Waals surface area contributed by atoms with Crippen molar-refractivity contribution in [2.45, 2.75) is 5.03 Å². The Morgan fingerprint density at radius 1 is 1.05 bits per heavy atom. The highest BCUT2D eigenvalue weighted by Gasteiger charge is 2.24. The first-order chi connectivity index (χ1) is 17.9. The van der Waals surface area contributed by atoms with Gasteiger partial charge in [0.25, 0.3) is 0 Å². The molecule has 0 saturated carbocycles. The molecule has 11 heteroatoms. The fourth-order valence-corrected chi connectivity index (χ4v) is 4.67. The van der Waals surface area contributed by atoms with Gasteiger partial charge in [-0.25, -0.2) is 4.98 Å². The number of nitrogens with two attached hydrogens (primary N) is 1. The monoisotopic (exact) mass is 514 g/mol. The maximum absolute atomic E-state index is 12.7. The molecule has 0 unspecified atom stereocenters. The molecule has 4 rings (SSSR count). The van der Waals surface area contributed by atoms with E-state index in [0.29, 0.717) is 28.5 Å². The lowest BCUT2D eigenvalue weighted by Crippen LogP contribution is -2.14. The molecule has 0 aliphatic carbocycles. The fourth-order valence-electron chi connectivity index (χ4n) is 3.87. The van der Waals surface area contributed by atoms with Crippen LogP contribution in [0.15, 0.2) is 47.6 Å². The van der Waals surface area contributed by atoms with Crippen molar-refractivity contribution in [2.24, 2.45) is 0 Å². The van der Waals surface area contributed by atoms with Gasteiger partial charge in [0.15, 0.2) is 11.5 Å². The number of hydrogen-bond donors (Lipinski definition) is 3. The van der Waals surface area contributed by atoms with Gasteiger partial charge in [0, 0.05) is 23.0 Å². The second-order valence-electron chi connectivity index (χ2n) is 7.68. The van der Waals surface area contributed by atoms with E-state index in [1.54, 1.807) is 18.2 Å². The first-order valence-corrected chi connectivity index (χ1v) is 11.9. The summed E-state index contributed by atoms with van der Waals surface area (Å²) in [6, 6.07) is 14.9. The molecule has 10 nitrogen and oxygen atoms in total. The van der Waals surface area contributed by atoms with Crippen LogP contribution in [0.25, 0.3) is 22.0 Å². The van der Waals surface area contributed by atoms with E-state index < -0.39 is 0 Å². The number of benzene rings is 2. The average molecular weight is 515 g/mol. The Labute approximate surface area is 217 Å². The van der Waals surface area contributed by atoms with Crippen molar-refractivity contribution in [3.63, 3.8) is 0 Å². The minimum atomic E-state index is -0.293. The van der Waals surface area contributed by atoms with Crippen LogP contribution in [-0.2, 0) is 4.79 Å². The Balaban J connectivity index is 1.69. The minimum Gasteiger partial charge on any atom is -0.493 e. The molecule has 186 valence electrons. The van der Waals surface area contributed by atoms with Crippen molar-refractivity contribution in [1.82, 2.24) is 9.97 Å². The Bertz CT molecular complexity index is 1560. The first kappa shape index (κ1) is 25.2. The molecule has 0 aliphatic rings. The van der Waals surface area contributed by atoms with Gasteiger partial charge in [-0.1, -0.05) is 17.8 Å². The molecule has 4 aromatic rings. The van der Waals surface area contributed by atoms with E-state index in [1.807, 2.05) is 30.5 Å². The van der Waals surface area contributed by atoms with Crippen molar-refractivity contribution >= 4 is 40.1 Å². The summed E-state index contributed by atoms with van der Waals surface area (Å²) >= 11 is 1.04. The minimum absolute atomic E-state index is 0.0267. The number of nitrogens with one attached hydrogen (secondary N) is 2. The van der Waals surface area contributed by atoms with Gasteiger partial charge in [0.05, 0.1) is 32.6 Å². The van der Waals surface area contributed by atoms with E-state index in [-0.39, 0.29) is 39.2 Å². The van der Waals surface area contributed by atoms with Gasteiger partial charge < -0.3 is 30.2 Å². The molecule has 0 aliphatic heterocycles. The topological polar surface area (TPSA) is 159 Å². The molecule has 37 heavy (non-hydrogen) atoms. The van der Waals surface area contributed by atoms with Crippen LogP contribution in [0.4, 0.5) is 11.5 Å². The Morgan fingerprint density at radius 2 is 1.76 bits per heavy atom. The number of nitrogens with zero attached hydrogens (tertiary/aromatic N) is 3. The van der Waals surface area contributed by atoms with Crippen LogP contribution in [0.1, 0.15) is 11.1 Å². The summed E-state index contributed by atoms with van der Waals surface area (Å²) in [6.45, 7) is 0. The smallest absolute Gasteiger partial charge is 0.234 e. The van der Waals surface area contributed by atoms with Crippen molar-refractivity contribution in [3.8, 4) is 40.5 Å². The van der Waals surface area contributed by atoms with Crippen molar-refractivity contribution in [2.75, 3.05) is 38.1 Å². The van der Waals surface area contributed by atoms with E-state index in [2.05, 4.69) is 21.4 Å². The van der Waals surface area contributed by atoms with Crippen molar-refractivity contribution in [1.29, 1.82) is 10.5 Å². The highest BCUT2D eigenvalue weighted by Crippen LogP contribution is 2.44. The van der Waals surface area contributed by atoms with Gasteiger partial charge in [-0.2, -0.15) is 10.5 Å². The third-order valence-corrected chi connectivity index (χ3v) is 6.52. The Morgan fingerprint density at radius 3 is 2.38 bits per heavy atom. The van der Waals surface area contributed by atoms with Crippen LogP contribution >= 0.6 is 11.8 Å². The Kier molecular flexibility index (Phi) is 7.37. The lowest BCUT2D eigenvalue weighted by atomic mass is 9.96. The number of nitriles is 2. The summed E-state index contributed by atoms with van der Waals surface area (Å²) in [7, 11) is 4.40. The lowest BCUT2D eigenvalue weighted by molar-refractivity contribution is -0.113. The predicted molar refractivity (Wildman–Crippen MR) is 141 cm³/mol. The molecule has 0 radical (unpaired) electrons. The number of hydrogen-bond acceptors (Lipinski definition) is 9. The second-order valence-corrected chi connectivity index (χ2v) is 8.65. The number of H-pyrrole nitrogens is 1. The molecule has 0 saturated heterocycles. The number of anilines is 2. The molecule has 0 bridgehead atoms. The van der Waals surface area contributed by atoms with Gasteiger partial charge in [-0.05, 0) is 41.3 Å². The molecule has 0 spiro atoms. The van der Waals surface area contributed by atoms with Gasteiger partial charge in [0.2, 0.25) is 11.7 Å². The molecular weight excluding hydrogens is 492 g/mol. The molecule has 1 amide bonds. The molecule has 0 fully saturated rings. The Hall–Kier alpha value is -4.87. The number of nitrogen functional groups attached to an aromatic ring is 1. The summed E-state index contributed by atoms with van der Waals surface area (Å²) in [5.41, 5.74) is 8.48. The van der Waals surface area contributed by atoms with E-state index >= 15 is 0 Å². The number of carbonyl (C=O) groups is 1. The molecule has 2 heterocycles. The molecule has 2 aromatic heterocycles.